The molecule has 0 N–H and O–H groups in total. The van der Waals surface area contributed by atoms with Gasteiger partial charge in [0, 0.05) is 12.1 Å². The first-order valence-corrected chi connectivity index (χ1v) is 5.58. The lowest BCUT2D eigenvalue weighted by molar-refractivity contribution is -0.384. The number of nitro benzene ring substituents is 1. The van der Waals surface area contributed by atoms with E-state index >= 15 is 0 Å². The van der Waals surface area contributed by atoms with Crippen molar-refractivity contribution in [3.63, 3.8) is 0 Å². The molecule has 0 saturated heterocycles. The Labute approximate surface area is 105 Å². The van der Waals surface area contributed by atoms with Crippen molar-refractivity contribution in [1.82, 2.24) is 0 Å². The number of hydrogen-bond acceptors (Lipinski definition) is 3. The average molecular weight is 243 g/mol. The van der Waals surface area contributed by atoms with Gasteiger partial charge in [0.25, 0.3) is 5.69 Å². The van der Waals surface area contributed by atoms with Crippen LogP contribution < -0.4 is 4.74 Å². The number of ether oxygens (including phenoxy) is 1. The first-order valence-electron chi connectivity index (χ1n) is 5.58. The predicted molar refractivity (Wildman–Crippen MR) is 68.6 cm³/mol. The summed E-state index contributed by atoms with van der Waals surface area (Å²) >= 11 is 0. The van der Waals surface area contributed by atoms with E-state index in [0.29, 0.717) is 6.61 Å². The van der Waals surface area contributed by atoms with Crippen LogP contribution in [0.25, 0.3) is 0 Å². The van der Waals surface area contributed by atoms with E-state index in [1.165, 1.54) is 6.07 Å². The third-order valence-electron chi connectivity index (χ3n) is 2.67. The van der Waals surface area contributed by atoms with Crippen LogP contribution in [0, 0.1) is 17.0 Å². The highest BCUT2D eigenvalue weighted by Crippen LogP contribution is 2.19. The summed E-state index contributed by atoms with van der Waals surface area (Å²) in [6.45, 7) is 2.25. The molecule has 2 aromatic rings. The van der Waals surface area contributed by atoms with Gasteiger partial charge in [-0.05, 0) is 36.2 Å². The Balaban J connectivity index is 2.08. The molecular formula is C14H13NO3. The van der Waals surface area contributed by atoms with Crippen molar-refractivity contribution >= 4 is 5.69 Å². The van der Waals surface area contributed by atoms with Crippen molar-refractivity contribution < 1.29 is 9.66 Å². The van der Waals surface area contributed by atoms with Crippen molar-refractivity contribution in [2.75, 3.05) is 0 Å². The van der Waals surface area contributed by atoms with Gasteiger partial charge in [-0.25, -0.2) is 0 Å². The smallest absolute Gasteiger partial charge is 0.269 e. The molecule has 92 valence electrons. The van der Waals surface area contributed by atoms with Gasteiger partial charge in [-0.3, -0.25) is 10.1 Å². The fourth-order valence-corrected chi connectivity index (χ4v) is 1.63. The zero-order valence-corrected chi connectivity index (χ0v) is 10.00. The summed E-state index contributed by atoms with van der Waals surface area (Å²) in [5.74, 6) is 0.787. The number of nitrogens with zero attached hydrogens (tertiary/aromatic N) is 1. The second kappa shape index (κ2) is 5.31. The van der Waals surface area contributed by atoms with E-state index < -0.39 is 4.92 Å². The minimum absolute atomic E-state index is 0.107. The van der Waals surface area contributed by atoms with Crippen LogP contribution in [0.3, 0.4) is 0 Å². The number of non-ortho nitro benzene ring substituents is 1. The molecule has 4 nitrogen and oxygen atoms in total. The second-order valence-corrected chi connectivity index (χ2v) is 3.97. The predicted octanol–water partition coefficient (Wildman–Crippen LogP) is 3.48. The fourth-order valence-electron chi connectivity index (χ4n) is 1.63. The summed E-state index contributed by atoms with van der Waals surface area (Å²) < 4.78 is 5.60. The summed E-state index contributed by atoms with van der Waals surface area (Å²) in [6.07, 6.45) is 0. The molecule has 0 heterocycles. The minimum atomic E-state index is -0.394. The van der Waals surface area contributed by atoms with E-state index in [1.54, 1.807) is 12.1 Å². The Kier molecular flexibility index (Phi) is 3.57. The number of benzene rings is 2. The first-order chi connectivity index (χ1) is 8.66. The highest BCUT2D eigenvalue weighted by Gasteiger charge is 2.08. The molecule has 2 aromatic carbocycles. The molecule has 0 spiro atoms. The lowest BCUT2D eigenvalue weighted by Crippen LogP contribution is -1.99. The summed E-state index contributed by atoms with van der Waals surface area (Å²) in [5.41, 5.74) is 1.92. The van der Waals surface area contributed by atoms with Gasteiger partial charge in [0.2, 0.25) is 0 Å². The molecule has 0 aromatic heterocycles. The van der Waals surface area contributed by atoms with Gasteiger partial charge in [-0.1, -0.05) is 18.2 Å². The molecule has 0 aliphatic rings. The number of rotatable bonds is 4. The van der Waals surface area contributed by atoms with E-state index in [4.69, 9.17) is 4.74 Å². The van der Waals surface area contributed by atoms with Gasteiger partial charge in [-0.15, -0.1) is 0 Å². The zero-order valence-electron chi connectivity index (χ0n) is 10.00. The minimum Gasteiger partial charge on any atom is -0.489 e. The van der Waals surface area contributed by atoms with Gasteiger partial charge < -0.3 is 4.74 Å². The van der Waals surface area contributed by atoms with Crippen LogP contribution >= 0.6 is 0 Å². The third kappa shape index (κ3) is 2.85. The number of hydrogen-bond donors (Lipinski definition) is 0. The summed E-state index contributed by atoms with van der Waals surface area (Å²) in [6, 6.07) is 14.3. The van der Waals surface area contributed by atoms with Crippen molar-refractivity contribution in [1.29, 1.82) is 0 Å². The normalized spacial score (nSPS) is 10.1. The standard InChI is InChI=1S/C14H13NO3/c1-11-9-13(15(16)17)8-7-12(11)10-18-14-5-3-2-4-6-14/h2-9H,10H2,1H3. The Bertz CT molecular complexity index is 552. The van der Waals surface area contributed by atoms with E-state index in [9.17, 15) is 10.1 Å². The molecule has 0 atom stereocenters. The van der Waals surface area contributed by atoms with Crippen LogP contribution in [0.15, 0.2) is 48.5 Å². The van der Waals surface area contributed by atoms with Gasteiger partial charge >= 0.3 is 0 Å². The summed E-state index contributed by atoms with van der Waals surface area (Å²) in [7, 11) is 0. The maximum atomic E-state index is 10.6. The average Bonchev–Trinajstić information content (AvgIpc) is 2.38. The molecule has 0 saturated carbocycles. The van der Waals surface area contributed by atoms with Crippen LogP contribution in [0.5, 0.6) is 5.75 Å². The molecule has 2 rings (SSSR count). The van der Waals surface area contributed by atoms with Crippen LogP contribution in [-0.2, 0) is 6.61 Å². The number of nitro groups is 1. The van der Waals surface area contributed by atoms with Crippen LogP contribution in [0.2, 0.25) is 0 Å². The molecule has 0 amide bonds. The van der Waals surface area contributed by atoms with Crippen molar-refractivity contribution in [3.8, 4) is 5.75 Å². The maximum Gasteiger partial charge on any atom is 0.269 e. The highest BCUT2D eigenvalue weighted by atomic mass is 16.6. The van der Waals surface area contributed by atoms with Crippen molar-refractivity contribution in [3.05, 3.63) is 69.8 Å². The van der Waals surface area contributed by atoms with Gasteiger partial charge in [0.15, 0.2) is 0 Å². The van der Waals surface area contributed by atoms with Gasteiger partial charge in [-0.2, -0.15) is 0 Å². The molecule has 0 aliphatic heterocycles. The molecule has 0 radical (unpaired) electrons. The number of aryl methyl sites for hydroxylation is 1. The molecule has 0 aliphatic carbocycles. The Hall–Kier alpha value is -2.36. The lowest BCUT2D eigenvalue weighted by Gasteiger charge is -2.08. The van der Waals surface area contributed by atoms with Crippen molar-refractivity contribution in [2.45, 2.75) is 13.5 Å². The first kappa shape index (κ1) is 12.1. The largest absolute Gasteiger partial charge is 0.489 e. The molecule has 18 heavy (non-hydrogen) atoms. The fraction of sp³-hybridized carbons (Fsp3) is 0.143. The SMILES string of the molecule is Cc1cc([N+](=O)[O-])ccc1COc1ccccc1. The van der Waals surface area contributed by atoms with Crippen LogP contribution in [0.4, 0.5) is 5.69 Å². The maximum absolute atomic E-state index is 10.6. The molecule has 0 bridgehead atoms. The van der Waals surface area contributed by atoms with E-state index in [2.05, 4.69) is 0 Å². The monoisotopic (exact) mass is 243 g/mol. The van der Waals surface area contributed by atoms with Crippen LogP contribution in [0.1, 0.15) is 11.1 Å². The lowest BCUT2D eigenvalue weighted by atomic mass is 10.1. The third-order valence-corrected chi connectivity index (χ3v) is 2.67. The van der Waals surface area contributed by atoms with E-state index in [0.717, 1.165) is 16.9 Å². The topological polar surface area (TPSA) is 52.4 Å². The molecule has 4 heteroatoms. The van der Waals surface area contributed by atoms with Gasteiger partial charge in [0.05, 0.1) is 4.92 Å². The quantitative estimate of drug-likeness (QED) is 0.610. The molecular weight excluding hydrogens is 230 g/mol. The Morgan fingerprint density at radius 1 is 1.17 bits per heavy atom. The molecule has 0 fully saturated rings. The van der Waals surface area contributed by atoms with Crippen molar-refractivity contribution in [2.24, 2.45) is 0 Å². The summed E-state index contributed by atoms with van der Waals surface area (Å²) in [4.78, 5) is 10.2. The second-order valence-electron chi connectivity index (χ2n) is 3.97. The zero-order chi connectivity index (χ0) is 13.0. The Morgan fingerprint density at radius 3 is 2.50 bits per heavy atom. The highest BCUT2D eigenvalue weighted by molar-refractivity contribution is 5.39. The number of para-hydroxylation sites is 1. The van der Waals surface area contributed by atoms with Crippen LogP contribution in [-0.4, -0.2) is 4.92 Å². The molecule has 0 unspecified atom stereocenters. The van der Waals surface area contributed by atoms with E-state index in [1.807, 2.05) is 37.3 Å². The summed E-state index contributed by atoms with van der Waals surface area (Å²) in [5, 5.41) is 10.6. The Morgan fingerprint density at radius 2 is 1.89 bits per heavy atom. The van der Waals surface area contributed by atoms with E-state index in [-0.39, 0.29) is 5.69 Å². The van der Waals surface area contributed by atoms with Gasteiger partial charge in [0.1, 0.15) is 12.4 Å².